The molecule has 1 aliphatic heterocycles. The van der Waals surface area contributed by atoms with Crippen LogP contribution in [0.4, 0.5) is 10.1 Å². The molecule has 0 radical (unpaired) electrons. The zero-order valence-electron chi connectivity index (χ0n) is 15.0. The van der Waals surface area contributed by atoms with Gasteiger partial charge in [-0.3, -0.25) is 9.59 Å². The number of hydrogen-bond acceptors (Lipinski definition) is 3. The van der Waals surface area contributed by atoms with Crippen molar-refractivity contribution in [2.24, 2.45) is 5.92 Å². The summed E-state index contributed by atoms with van der Waals surface area (Å²) in [5, 5.41) is 5.82. The second-order valence-corrected chi connectivity index (χ2v) is 7.76. The van der Waals surface area contributed by atoms with Crippen LogP contribution in [-0.2, 0) is 16.0 Å². The average Bonchev–Trinajstić information content (AvgIpc) is 2.67. The second kappa shape index (κ2) is 9.55. The van der Waals surface area contributed by atoms with Crippen molar-refractivity contribution in [2.75, 3.05) is 17.6 Å². The van der Waals surface area contributed by atoms with Crippen LogP contribution in [-0.4, -0.2) is 24.1 Å². The Hall–Kier alpha value is -2.34. The Bertz CT molecular complexity index is 795. The van der Waals surface area contributed by atoms with E-state index in [0.717, 1.165) is 28.3 Å². The normalized spacial score (nSPS) is 15.7. The first-order valence-corrected chi connectivity index (χ1v) is 10.1. The third kappa shape index (κ3) is 5.82. The fraction of sp³-hybridized carbons (Fsp3) is 0.333. The number of fused-ring (bicyclic) bond motifs is 1. The van der Waals surface area contributed by atoms with Gasteiger partial charge in [0, 0.05) is 29.5 Å². The summed E-state index contributed by atoms with van der Waals surface area (Å²) in [5.74, 6) is 0.445. The van der Waals surface area contributed by atoms with Crippen LogP contribution in [0.15, 0.2) is 53.4 Å². The van der Waals surface area contributed by atoms with Crippen LogP contribution in [0.1, 0.15) is 24.8 Å². The summed E-state index contributed by atoms with van der Waals surface area (Å²) < 4.78 is 12.8. The Morgan fingerprint density at radius 2 is 1.96 bits per heavy atom. The standard InChI is InChI=1S/C21H23FN2O2S/c22-17-7-9-18(10-8-17)27-13-3-12-23-20(25)11-6-16-14-15-4-1-2-5-19(15)24-21(16)26/h1-2,4-5,7-10,16H,3,6,11-14H2,(H,23,25)(H,24,26). The fourth-order valence-corrected chi connectivity index (χ4v) is 3.91. The van der Waals surface area contributed by atoms with Crippen molar-refractivity contribution in [1.82, 2.24) is 5.32 Å². The van der Waals surface area contributed by atoms with E-state index in [1.54, 1.807) is 23.9 Å². The van der Waals surface area contributed by atoms with E-state index in [1.807, 2.05) is 24.3 Å². The summed E-state index contributed by atoms with van der Waals surface area (Å²) in [7, 11) is 0. The number of benzene rings is 2. The highest BCUT2D eigenvalue weighted by Crippen LogP contribution is 2.27. The van der Waals surface area contributed by atoms with Crippen LogP contribution >= 0.6 is 11.8 Å². The highest BCUT2D eigenvalue weighted by atomic mass is 32.2. The molecule has 2 aromatic carbocycles. The minimum atomic E-state index is -0.234. The van der Waals surface area contributed by atoms with Crippen LogP contribution in [0.3, 0.4) is 0 Å². The molecule has 2 N–H and O–H groups in total. The molecular weight excluding hydrogens is 363 g/mol. The van der Waals surface area contributed by atoms with E-state index < -0.39 is 0 Å². The number of carbonyl (C=O) groups excluding carboxylic acids is 2. The van der Waals surface area contributed by atoms with Gasteiger partial charge >= 0.3 is 0 Å². The number of halogens is 1. The van der Waals surface area contributed by atoms with E-state index in [2.05, 4.69) is 10.6 Å². The van der Waals surface area contributed by atoms with E-state index in [4.69, 9.17) is 0 Å². The molecule has 6 heteroatoms. The number of anilines is 1. The van der Waals surface area contributed by atoms with Crippen molar-refractivity contribution in [3.05, 3.63) is 59.9 Å². The zero-order valence-corrected chi connectivity index (χ0v) is 15.9. The number of para-hydroxylation sites is 1. The zero-order chi connectivity index (χ0) is 19.1. The second-order valence-electron chi connectivity index (χ2n) is 6.59. The molecule has 1 atom stereocenters. The van der Waals surface area contributed by atoms with Gasteiger partial charge in [0.15, 0.2) is 0 Å². The quantitative estimate of drug-likeness (QED) is 0.532. The van der Waals surface area contributed by atoms with Gasteiger partial charge in [0.25, 0.3) is 0 Å². The molecule has 2 amide bonds. The lowest BCUT2D eigenvalue weighted by atomic mass is 9.89. The number of rotatable bonds is 8. The van der Waals surface area contributed by atoms with Crippen LogP contribution in [0, 0.1) is 11.7 Å². The summed E-state index contributed by atoms with van der Waals surface area (Å²) in [4.78, 5) is 25.2. The van der Waals surface area contributed by atoms with Gasteiger partial charge in [0.05, 0.1) is 0 Å². The van der Waals surface area contributed by atoms with Gasteiger partial charge in [0.2, 0.25) is 11.8 Å². The summed E-state index contributed by atoms with van der Waals surface area (Å²) in [6.07, 6.45) is 2.43. The molecule has 0 bridgehead atoms. The van der Waals surface area contributed by atoms with E-state index in [-0.39, 0.29) is 23.5 Å². The number of amides is 2. The molecule has 27 heavy (non-hydrogen) atoms. The molecule has 3 rings (SSSR count). The number of carbonyl (C=O) groups is 2. The molecule has 0 saturated carbocycles. The van der Waals surface area contributed by atoms with Crippen LogP contribution in [0.25, 0.3) is 0 Å². The lowest BCUT2D eigenvalue weighted by Crippen LogP contribution is -2.32. The average molecular weight is 386 g/mol. The van der Waals surface area contributed by atoms with Gasteiger partial charge in [-0.2, -0.15) is 0 Å². The molecular formula is C21H23FN2O2S. The molecule has 0 fully saturated rings. The first-order chi connectivity index (χ1) is 13.1. The van der Waals surface area contributed by atoms with Gasteiger partial charge in [-0.1, -0.05) is 18.2 Å². The molecule has 1 heterocycles. The first-order valence-electron chi connectivity index (χ1n) is 9.15. The van der Waals surface area contributed by atoms with Crippen molar-refractivity contribution in [1.29, 1.82) is 0 Å². The van der Waals surface area contributed by atoms with Gasteiger partial charge in [-0.25, -0.2) is 4.39 Å². The Morgan fingerprint density at radius 3 is 2.78 bits per heavy atom. The minimum Gasteiger partial charge on any atom is -0.356 e. The van der Waals surface area contributed by atoms with E-state index in [0.29, 0.717) is 25.8 Å². The number of hydrogen-bond donors (Lipinski definition) is 2. The molecule has 0 spiro atoms. The van der Waals surface area contributed by atoms with Crippen molar-refractivity contribution >= 4 is 29.3 Å². The third-order valence-corrected chi connectivity index (χ3v) is 5.66. The largest absolute Gasteiger partial charge is 0.356 e. The van der Waals surface area contributed by atoms with E-state index >= 15 is 0 Å². The molecule has 4 nitrogen and oxygen atoms in total. The predicted octanol–water partition coefficient (Wildman–Crippen LogP) is 4.02. The van der Waals surface area contributed by atoms with Crippen molar-refractivity contribution in [3.8, 4) is 0 Å². The van der Waals surface area contributed by atoms with Crippen molar-refractivity contribution in [2.45, 2.75) is 30.6 Å². The van der Waals surface area contributed by atoms with Gasteiger partial charge in [-0.05, 0) is 60.9 Å². The first kappa shape index (κ1) is 19.4. The smallest absolute Gasteiger partial charge is 0.227 e. The van der Waals surface area contributed by atoms with Crippen LogP contribution in [0.5, 0.6) is 0 Å². The van der Waals surface area contributed by atoms with Gasteiger partial charge in [0.1, 0.15) is 5.82 Å². The lowest BCUT2D eigenvalue weighted by Gasteiger charge is -2.24. The third-order valence-electron chi connectivity index (χ3n) is 4.56. The number of nitrogens with one attached hydrogen (secondary N) is 2. The minimum absolute atomic E-state index is 0.00259. The monoisotopic (exact) mass is 386 g/mol. The Labute approximate surface area is 162 Å². The molecule has 0 aliphatic carbocycles. The SMILES string of the molecule is O=C(CCC1Cc2ccccc2NC1=O)NCCCSc1ccc(F)cc1. The summed E-state index contributed by atoms with van der Waals surface area (Å²) >= 11 is 1.64. The highest BCUT2D eigenvalue weighted by molar-refractivity contribution is 7.99. The molecule has 0 aromatic heterocycles. The lowest BCUT2D eigenvalue weighted by molar-refractivity contribution is -0.122. The topological polar surface area (TPSA) is 58.2 Å². The predicted molar refractivity (Wildman–Crippen MR) is 106 cm³/mol. The van der Waals surface area contributed by atoms with Crippen LogP contribution in [0.2, 0.25) is 0 Å². The molecule has 2 aromatic rings. The highest BCUT2D eigenvalue weighted by Gasteiger charge is 2.26. The van der Waals surface area contributed by atoms with Gasteiger partial charge < -0.3 is 10.6 Å². The van der Waals surface area contributed by atoms with Crippen molar-refractivity contribution in [3.63, 3.8) is 0 Å². The van der Waals surface area contributed by atoms with Crippen LogP contribution < -0.4 is 10.6 Å². The van der Waals surface area contributed by atoms with E-state index in [9.17, 15) is 14.0 Å². The van der Waals surface area contributed by atoms with Gasteiger partial charge in [-0.15, -0.1) is 11.8 Å². The Balaban J connectivity index is 1.32. The number of thioether (sulfide) groups is 1. The maximum Gasteiger partial charge on any atom is 0.227 e. The molecule has 1 unspecified atom stereocenters. The summed E-state index contributed by atoms with van der Waals surface area (Å²) in [6, 6.07) is 14.2. The maximum absolute atomic E-state index is 12.8. The molecule has 142 valence electrons. The van der Waals surface area contributed by atoms with Crippen molar-refractivity contribution < 1.29 is 14.0 Å². The Kier molecular flexibility index (Phi) is 6.87. The fourth-order valence-electron chi connectivity index (χ4n) is 3.06. The summed E-state index contributed by atoms with van der Waals surface area (Å²) in [6.45, 7) is 0.604. The van der Waals surface area contributed by atoms with E-state index in [1.165, 1.54) is 12.1 Å². The molecule has 1 aliphatic rings. The molecule has 0 saturated heterocycles. The Morgan fingerprint density at radius 1 is 1.19 bits per heavy atom. The summed E-state index contributed by atoms with van der Waals surface area (Å²) in [5.41, 5.74) is 2.00. The maximum atomic E-state index is 12.8.